The highest BCUT2D eigenvalue weighted by atomic mass is 31.1. The van der Waals surface area contributed by atoms with E-state index in [-0.39, 0.29) is 6.04 Å². The van der Waals surface area contributed by atoms with Gasteiger partial charge in [0.1, 0.15) is 16.6 Å². The molecule has 0 amide bonds. The van der Waals surface area contributed by atoms with Gasteiger partial charge in [0.25, 0.3) is 0 Å². The van der Waals surface area contributed by atoms with E-state index in [1.165, 1.54) is 109 Å². The Balaban J connectivity index is 1.07. The van der Waals surface area contributed by atoms with Gasteiger partial charge in [0.2, 0.25) is 10.2 Å². The van der Waals surface area contributed by atoms with Crippen molar-refractivity contribution in [1.82, 2.24) is 22.7 Å². The predicted octanol–water partition coefficient (Wildman–Crippen LogP) is 19.2. The lowest BCUT2D eigenvalue weighted by Crippen LogP contribution is -2.41. The molecule has 0 spiro atoms. The number of allylic oxidation sites excluding steroid dienone is 1. The molecule has 2 atom stereocenters. The second kappa shape index (κ2) is 15.6. The van der Waals surface area contributed by atoms with Crippen LogP contribution in [0.4, 0.5) is 11.4 Å². The van der Waals surface area contributed by atoms with Crippen LogP contribution >= 0.6 is 7.34 Å². The summed E-state index contributed by atoms with van der Waals surface area (Å²) in [4.78, 5) is 2.71. The Morgan fingerprint density at radius 2 is 0.953 bits per heavy atom. The molecule has 1 aliphatic carbocycles. The van der Waals surface area contributed by atoms with E-state index in [0.717, 1.165) is 90.4 Å². The molecule has 0 saturated heterocycles. The third-order valence-electron chi connectivity index (χ3n) is 19.4. The number of nitrogens with zero attached hydrogens (tertiary/aromatic N) is 6. The van der Waals surface area contributed by atoms with Gasteiger partial charge in [0, 0.05) is 44.3 Å². The molecule has 0 N–H and O–H groups in total. The maximum atomic E-state index is 7.79. The number of benzene rings is 11. The summed E-state index contributed by atoms with van der Waals surface area (Å²) >= 11 is 0. The smallest absolute Gasteiger partial charge is 0.206 e. The zero-order valence-corrected chi connectivity index (χ0v) is 47.4. The molecule has 9 heteroatoms. The van der Waals surface area contributed by atoms with Gasteiger partial charge in [0.05, 0.1) is 78.1 Å². The number of aromatic nitrogens is 5. The quantitative estimate of drug-likeness (QED) is 0.131. The fourth-order valence-corrected chi connectivity index (χ4v) is 19.3. The third kappa shape index (κ3) is 5.45. The zero-order chi connectivity index (χ0) is 55.4. The normalized spacial score (nSPS) is 15.2. The van der Waals surface area contributed by atoms with Crippen LogP contribution in [0.1, 0.15) is 39.2 Å². The van der Waals surface area contributed by atoms with Gasteiger partial charge in [-0.15, -0.1) is 0 Å². The van der Waals surface area contributed by atoms with Crippen molar-refractivity contribution in [1.29, 1.82) is 0 Å². The van der Waals surface area contributed by atoms with E-state index in [0.29, 0.717) is 0 Å². The van der Waals surface area contributed by atoms with Crippen LogP contribution in [0.25, 0.3) is 138 Å². The van der Waals surface area contributed by atoms with Gasteiger partial charge in [-0.25, -0.2) is 0 Å². The summed E-state index contributed by atoms with van der Waals surface area (Å²) in [5, 5.41) is 12.5. The summed E-state index contributed by atoms with van der Waals surface area (Å²) in [5.41, 5.74) is 26.0. The van der Waals surface area contributed by atoms with Crippen LogP contribution < -0.4 is 15.0 Å². The molecule has 0 fully saturated rings. The average Bonchev–Trinajstić information content (AvgIpc) is 1.72. The van der Waals surface area contributed by atoms with Gasteiger partial charge in [0.15, 0.2) is 41.4 Å². The number of para-hydroxylation sites is 6. The number of rotatable bonds is 3. The highest BCUT2D eigenvalue weighted by Crippen LogP contribution is 2.66. The number of aryl methyl sites for hydroxylation is 3. The van der Waals surface area contributed by atoms with Gasteiger partial charge < -0.3 is 32.3 Å². The van der Waals surface area contributed by atoms with E-state index in [4.69, 9.17) is 9.15 Å². The number of anilines is 2. The Bertz CT molecular complexity index is 6010. The molecule has 398 valence electrons. The van der Waals surface area contributed by atoms with Gasteiger partial charge in [-0.3, -0.25) is 4.40 Å². The van der Waals surface area contributed by atoms with Crippen LogP contribution in [-0.2, 0) is 6.42 Å². The molecule has 21 rings (SSSR count). The lowest BCUT2D eigenvalue weighted by atomic mass is 9.92. The molecule has 2 unspecified atom stereocenters. The molecule has 9 heterocycles. The highest BCUT2D eigenvalue weighted by Gasteiger charge is 2.52. The minimum absolute atomic E-state index is 0.337. The first kappa shape index (κ1) is 45.0. The minimum Gasteiger partial charge on any atom is -0.455 e. The van der Waals surface area contributed by atoms with Crippen molar-refractivity contribution < 1.29 is 9.15 Å². The molecular formula is C76H48N6O2P+. The van der Waals surface area contributed by atoms with E-state index in [2.05, 4.69) is 267 Å². The van der Waals surface area contributed by atoms with Crippen molar-refractivity contribution in [2.45, 2.75) is 33.2 Å². The Hall–Kier alpha value is -10.5. The Labute approximate surface area is 486 Å². The Kier molecular flexibility index (Phi) is 8.25. The molecule has 17 aromatic rings. The standard InChI is InChI=1S/C76H48N6O2P/c1-41-28-31-52-44(34-41)37-51-61(77-53-22-10-4-16-45(53)46-17-5-11-23-54(46)77)38-64-74-69(51)80(52)65-39-62(78-55-24-12-6-18-47(55)48-19-7-13-25-56(48)78)72-70-75(65)85(74)76-66(82(70)60-33-30-43(3)36-68(60)84-72)40-63(73-71(76)81(64)59-32-29-42(2)35-67(59)83-73)79-57-26-14-8-20-49(57)50-21-9-15-27-58(50)79/h4-36,38-40,71H,37H2,1-3H3/q+1. The molecule has 0 radical (unpaired) electrons. The molecule has 3 aliphatic heterocycles. The summed E-state index contributed by atoms with van der Waals surface area (Å²) in [7, 11) is -1.33. The molecule has 85 heavy (non-hydrogen) atoms. The molecule has 8 nitrogen and oxygen atoms in total. The number of ether oxygens (including phenoxy) is 1. The first-order valence-corrected chi connectivity index (χ1v) is 30.8. The largest absolute Gasteiger partial charge is 0.455 e. The summed E-state index contributed by atoms with van der Waals surface area (Å²) in [5.74, 6) is 1.78. The summed E-state index contributed by atoms with van der Waals surface area (Å²) in [6.07, 6.45) is 3.27. The monoisotopic (exact) mass is 1110 g/mol. The summed E-state index contributed by atoms with van der Waals surface area (Å²) < 4.78 is 28.5. The van der Waals surface area contributed by atoms with Crippen LogP contribution in [0.5, 0.6) is 5.75 Å². The van der Waals surface area contributed by atoms with E-state index in [1.54, 1.807) is 0 Å². The second-order valence-electron chi connectivity index (χ2n) is 24.0. The maximum Gasteiger partial charge on any atom is 0.206 e. The van der Waals surface area contributed by atoms with Crippen LogP contribution in [-0.4, -0.2) is 22.7 Å². The number of hydrogen-bond acceptors (Lipinski definition) is 3. The van der Waals surface area contributed by atoms with Crippen molar-refractivity contribution in [2.24, 2.45) is 0 Å². The van der Waals surface area contributed by atoms with Crippen LogP contribution in [0, 0.1) is 20.8 Å². The van der Waals surface area contributed by atoms with Gasteiger partial charge in [-0.2, -0.15) is 0 Å². The predicted molar refractivity (Wildman–Crippen MR) is 350 cm³/mol. The highest BCUT2D eigenvalue weighted by molar-refractivity contribution is 7.59. The van der Waals surface area contributed by atoms with Crippen molar-refractivity contribution >= 4 is 139 Å². The van der Waals surface area contributed by atoms with Crippen molar-refractivity contribution in [3.63, 3.8) is 0 Å². The van der Waals surface area contributed by atoms with Crippen molar-refractivity contribution in [2.75, 3.05) is 4.90 Å². The van der Waals surface area contributed by atoms with Crippen LogP contribution in [0.2, 0.25) is 0 Å². The van der Waals surface area contributed by atoms with Gasteiger partial charge in [-0.05, 0) is 122 Å². The molecule has 4 aliphatic rings. The number of fused-ring (bicyclic) bond motifs is 18. The Morgan fingerprint density at radius 1 is 0.424 bits per heavy atom. The third-order valence-corrected chi connectivity index (χ3v) is 22.2. The van der Waals surface area contributed by atoms with Gasteiger partial charge in [-0.1, -0.05) is 139 Å². The summed E-state index contributed by atoms with van der Waals surface area (Å²) in [6.45, 7) is 6.60. The molecule has 0 bridgehead atoms. The molecule has 0 saturated carbocycles. The average molecular weight is 1110 g/mol. The van der Waals surface area contributed by atoms with Crippen molar-refractivity contribution in [3.05, 3.63) is 257 Å². The van der Waals surface area contributed by atoms with E-state index < -0.39 is 7.34 Å². The van der Waals surface area contributed by atoms with E-state index in [1.807, 2.05) is 0 Å². The number of hydrogen-bond donors (Lipinski definition) is 0. The van der Waals surface area contributed by atoms with Gasteiger partial charge >= 0.3 is 0 Å². The zero-order valence-electron chi connectivity index (χ0n) is 46.5. The topological polar surface area (TPSA) is 49.7 Å². The Morgan fingerprint density at radius 3 is 1.56 bits per heavy atom. The minimum atomic E-state index is -1.33. The summed E-state index contributed by atoms with van der Waals surface area (Å²) in [6, 6.07) is 79.2. The molecular weight excluding hydrogens is 1060 g/mol. The SMILES string of the molecule is Cc1ccc2c(c1)Cc1c(-n3c4ccccc4c4ccccc43)cc3c4c1n-2c1cc(-n2c5ccccc5c5ccccc52)c2oc5cc(C)ccc5n5c6c([p+]4c1c25)C1C(=C(n2c4ccccc4c4ccccc42)C=6)Oc2cc(C)ccc2N31. The second-order valence-corrected chi connectivity index (χ2v) is 26.1. The maximum absolute atomic E-state index is 7.79. The lowest BCUT2D eigenvalue weighted by molar-refractivity contribution is 0.366. The fraction of sp³-hybridized carbons (Fsp3) is 0.0658. The molecule has 11 aromatic carbocycles. The van der Waals surface area contributed by atoms with Crippen LogP contribution in [0.15, 0.2) is 222 Å². The first-order chi connectivity index (χ1) is 41.9. The van der Waals surface area contributed by atoms with Crippen molar-refractivity contribution in [3.8, 4) is 22.8 Å². The fourth-order valence-electron chi connectivity index (χ4n) is 16.1. The van der Waals surface area contributed by atoms with Crippen LogP contribution in [0.3, 0.4) is 0 Å². The van der Waals surface area contributed by atoms with E-state index in [9.17, 15) is 0 Å². The van der Waals surface area contributed by atoms with E-state index >= 15 is 0 Å². The lowest BCUT2D eigenvalue weighted by Gasteiger charge is -2.43. The first-order valence-electron chi connectivity index (χ1n) is 29.5. The molecule has 6 aromatic heterocycles.